The van der Waals surface area contributed by atoms with Gasteiger partial charge in [0.05, 0.1) is 18.4 Å². The van der Waals surface area contributed by atoms with E-state index in [1.807, 2.05) is 12.1 Å². The first-order chi connectivity index (χ1) is 8.22. The maximum absolute atomic E-state index is 9.06. The van der Waals surface area contributed by atoms with E-state index in [9.17, 15) is 0 Å². The number of nitrogens with zero attached hydrogens (tertiary/aromatic N) is 1. The molecule has 0 aromatic heterocycles. The van der Waals surface area contributed by atoms with Crippen molar-refractivity contribution in [3.05, 3.63) is 23.8 Å². The Morgan fingerprint density at radius 2 is 2.24 bits per heavy atom. The SMILES string of the molecule is CCCC(C)CNc1c(C#N)cccc1OC. The molecule has 1 aromatic carbocycles. The molecule has 3 heteroatoms. The lowest BCUT2D eigenvalue weighted by molar-refractivity contribution is 0.416. The summed E-state index contributed by atoms with van der Waals surface area (Å²) in [4.78, 5) is 0. The second-order valence-electron chi connectivity index (χ2n) is 4.27. The molecule has 1 aromatic rings. The summed E-state index contributed by atoms with van der Waals surface area (Å²) in [7, 11) is 1.62. The predicted octanol–water partition coefficient (Wildman–Crippen LogP) is 3.41. The van der Waals surface area contributed by atoms with E-state index in [1.165, 1.54) is 12.8 Å². The minimum Gasteiger partial charge on any atom is -0.495 e. The minimum atomic E-state index is 0.594. The summed E-state index contributed by atoms with van der Waals surface area (Å²) in [5.41, 5.74) is 1.44. The van der Waals surface area contributed by atoms with Crippen LogP contribution in [0.5, 0.6) is 5.75 Å². The van der Waals surface area contributed by atoms with E-state index in [2.05, 4.69) is 25.2 Å². The smallest absolute Gasteiger partial charge is 0.143 e. The highest BCUT2D eigenvalue weighted by Gasteiger charge is 2.09. The third kappa shape index (κ3) is 3.67. The minimum absolute atomic E-state index is 0.594. The molecule has 0 bridgehead atoms. The van der Waals surface area contributed by atoms with E-state index in [4.69, 9.17) is 10.00 Å². The molecule has 0 radical (unpaired) electrons. The molecule has 0 aliphatic carbocycles. The van der Waals surface area contributed by atoms with Crippen LogP contribution in [0.4, 0.5) is 5.69 Å². The largest absolute Gasteiger partial charge is 0.495 e. The topological polar surface area (TPSA) is 45.0 Å². The van der Waals surface area contributed by atoms with Crippen molar-refractivity contribution in [2.75, 3.05) is 19.0 Å². The Bertz CT molecular complexity index is 396. The first kappa shape index (κ1) is 13.4. The van der Waals surface area contributed by atoms with Gasteiger partial charge in [-0.05, 0) is 24.5 Å². The Balaban J connectivity index is 2.78. The molecule has 0 saturated heterocycles. The Labute approximate surface area is 103 Å². The first-order valence-electron chi connectivity index (χ1n) is 6.03. The van der Waals surface area contributed by atoms with Crippen LogP contribution < -0.4 is 10.1 Å². The number of anilines is 1. The van der Waals surface area contributed by atoms with E-state index in [1.54, 1.807) is 13.2 Å². The molecule has 0 aliphatic heterocycles. The zero-order chi connectivity index (χ0) is 12.7. The standard InChI is InChI=1S/C14H20N2O/c1-4-6-11(2)10-16-14-12(9-15)7-5-8-13(14)17-3/h5,7-8,11,16H,4,6,10H2,1-3H3. The van der Waals surface area contributed by atoms with Crippen LogP contribution in [-0.4, -0.2) is 13.7 Å². The van der Waals surface area contributed by atoms with Gasteiger partial charge in [0.1, 0.15) is 11.8 Å². The predicted molar refractivity (Wildman–Crippen MR) is 70.3 cm³/mol. The lowest BCUT2D eigenvalue weighted by Crippen LogP contribution is -2.12. The van der Waals surface area contributed by atoms with Gasteiger partial charge in [0.25, 0.3) is 0 Å². The summed E-state index contributed by atoms with van der Waals surface area (Å²) in [6.45, 7) is 5.25. The summed E-state index contributed by atoms with van der Waals surface area (Å²) in [6, 6.07) is 7.68. The molecule has 1 N–H and O–H groups in total. The van der Waals surface area contributed by atoms with Crippen LogP contribution in [0.2, 0.25) is 0 Å². The third-order valence-electron chi connectivity index (χ3n) is 2.78. The van der Waals surface area contributed by atoms with E-state index in [-0.39, 0.29) is 0 Å². The molecular formula is C14H20N2O. The fourth-order valence-electron chi connectivity index (χ4n) is 1.85. The van der Waals surface area contributed by atoms with E-state index in [0.717, 1.165) is 18.0 Å². The molecule has 0 saturated carbocycles. The van der Waals surface area contributed by atoms with Gasteiger partial charge in [-0.3, -0.25) is 0 Å². The first-order valence-corrected chi connectivity index (χ1v) is 6.03. The van der Waals surface area contributed by atoms with Crippen molar-refractivity contribution in [1.29, 1.82) is 5.26 Å². The molecule has 0 fully saturated rings. The zero-order valence-corrected chi connectivity index (χ0v) is 10.8. The van der Waals surface area contributed by atoms with Crippen molar-refractivity contribution in [3.63, 3.8) is 0 Å². The molecule has 0 heterocycles. The lowest BCUT2D eigenvalue weighted by atomic mass is 10.1. The number of nitriles is 1. The van der Waals surface area contributed by atoms with Gasteiger partial charge < -0.3 is 10.1 Å². The third-order valence-corrected chi connectivity index (χ3v) is 2.78. The van der Waals surface area contributed by atoms with Crippen molar-refractivity contribution in [1.82, 2.24) is 0 Å². The van der Waals surface area contributed by atoms with Crippen molar-refractivity contribution in [3.8, 4) is 11.8 Å². The summed E-state index contributed by atoms with van der Waals surface area (Å²) in [5.74, 6) is 1.32. The van der Waals surface area contributed by atoms with Gasteiger partial charge in [-0.2, -0.15) is 5.26 Å². The van der Waals surface area contributed by atoms with Crippen LogP contribution >= 0.6 is 0 Å². The van der Waals surface area contributed by atoms with E-state index in [0.29, 0.717) is 11.5 Å². The van der Waals surface area contributed by atoms with Crippen LogP contribution in [0.25, 0.3) is 0 Å². The van der Waals surface area contributed by atoms with Crippen LogP contribution in [0.15, 0.2) is 18.2 Å². The Morgan fingerprint density at radius 3 is 2.82 bits per heavy atom. The van der Waals surface area contributed by atoms with Gasteiger partial charge >= 0.3 is 0 Å². The fourth-order valence-corrected chi connectivity index (χ4v) is 1.85. The number of hydrogen-bond acceptors (Lipinski definition) is 3. The van der Waals surface area contributed by atoms with Gasteiger partial charge in [-0.25, -0.2) is 0 Å². The molecule has 1 unspecified atom stereocenters. The Hall–Kier alpha value is -1.69. The highest BCUT2D eigenvalue weighted by atomic mass is 16.5. The number of hydrogen-bond donors (Lipinski definition) is 1. The second-order valence-corrected chi connectivity index (χ2v) is 4.27. The highest BCUT2D eigenvalue weighted by molar-refractivity contribution is 5.66. The summed E-state index contributed by atoms with van der Waals surface area (Å²) < 4.78 is 5.27. The average molecular weight is 232 g/mol. The molecule has 17 heavy (non-hydrogen) atoms. The molecule has 1 atom stereocenters. The second kappa shape index (κ2) is 6.80. The van der Waals surface area contributed by atoms with E-state index >= 15 is 0 Å². The molecule has 92 valence electrons. The average Bonchev–Trinajstić information content (AvgIpc) is 2.36. The van der Waals surface area contributed by atoms with Gasteiger partial charge in [0.15, 0.2) is 0 Å². The molecule has 0 amide bonds. The van der Waals surface area contributed by atoms with E-state index < -0.39 is 0 Å². The molecular weight excluding hydrogens is 212 g/mol. The number of rotatable bonds is 6. The quantitative estimate of drug-likeness (QED) is 0.817. The number of benzene rings is 1. The van der Waals surface area contributed by atoms with Gasteiger partial charge in [0.2, 0.25) is 0 Å². The van der Waals surface area contributed by atoms with Gasteiger partial charge in [-0.15, -0.1) is 0 Å². The Kier molecular flexibility index (Phi) is 5.35. The maximum Gasteiger partial charge on any atom is 0.143 e. The number of para-hydroxylation sites is 1. The van der Waals surface area contributed by atoms with Gasteiger partial charge in [0, 0.05) is 6.54 Å². The molecule has 0 spiro atoms. The van der Waals surface area contributed by atoms with Crippen LogP contribution in [0.1, 0.15) is 32.3 Å². The van der Waals surface area contributed by atoms with Crippen molar-refractivity contribution < 1.29 is 4.74 Å². The monoisotopic (exact) mass is 232 g/mol. The molecule has 1 rings (SSSR count). The van der Waals surface area contributed by atoms with Crippen LogP contribution in [0, 0.1) is 17.2 Å². The van der Waals surface area contributed by atoms with Crippen molar-refractivity contribution in [2.45, 2.75) is 26.7 Å². The maximum atomic E-state index is 9.06. The zero-order valence-electron chi connectivity index (χ0n) is 10.8. The normalized spacial score (nSPS) is 11.6. The summed E-state index contributed by atoms with van der Waals surface area (Å²) in [6.07, 6.45) is 2.36. The van der Waals surface area contributed by atoms with Crippen molar-refractivity contribution >= 4 is 5.69 Å². The Morgan fingerprint density at radius 1 is 1.47 bits per heavy atom. The van der Waals surface area contributed by atoms with Gasteiger partial charge in [-0.1, -0.05) is 26.3 Å². The number of ether oxygens (including phenoxy) is 1. The number of nitrogens with one attached hydrogen (secondary N) is 1. The summed E-state index contributed by atoms with van der Waals surface area (Å²) >= 11 is 0. The number of methoxy groups -OCH3 is 1. The lowest BCUT2D eigenvalue weighted by Gasteiger charge is -2.16. The van der Waals surface area contributed by atoms with Crippen molar-refractivity contribution in [2.24, 2.45) is 5.92 Å². The van der Waals surface area contributed by atoms with Crippen LogP contribution in [-0.2, 0) is 0 Å². The van der Waals surface area contributed by atoms with Crippen LogP contribution in [0.3, 0.4) is 0 Å². The fraction of sp³-hybridized carbons (Fsp3) is 0.500. The molecule has 3 nitrogen and oxygen atoms in total. The molecule has 0 aliphatic rings. The highest BCUT2D eigenvalue weighted by Crippen LogP contribution is 2.28. The summed E-state index contributed by atoms with van der Waals surface area (Å²) in [5, 5.41) is 12.4.